The van der Waals surface area contributed by atoms with Crippen molar-refractivity contribution in [1.29, 1.82) is 0 Å². The maximum atomic E-state index is 13.6. The Morgan fingerprint density at radius 2 is 1.70 bits per heavy atom. The second-order valence-electron chi connectivity index (χ2n) is 3.89. The predicted octanol–water partition coefficient (Wildman–Crippen LogP) is 2.49. The molecule has 0 saturated carbocycles. The molecule has 3 N–H and O–H groups in total. The molecule has 20 heavy (non-hydrogen) atoms. The summed E-state index contributed by atoms with van der Waals surface area (Å²) < 4.78 is 65.5. The Morgan fingerprint density at radius 3 is 2.30 bits per heavy atom. The van der Waals surface area contributed by atoms with Crippen molar-refractivity contribution < 1.29 is 21.6 Å². The lowest BCUT2D eigenvalue weighted by Crippen LogP contribution is -2.17. The van der Waals surface area contributed by atoms with Gasteiger partial charge in [0.05, 0.1) is 11.4 Å². The van der Waals surface area contributed by atoms with Crippen LogP contribution in [0.1, 0.15) is 0 Å². The van der Waals surface area contributed by atoms with Crippen molar-refractivity contribution in [2.45, 2.75) is 4.90 Å². The van der Waals surface area contributed by atoms with Gasteiger partial charge in [0.2, 0.25) is 0 Å². The Kier molecular flexibility index (Phi) is 3.58. The fourth-order valence-corrected chi connectivity index (χ4v) is 2.84. The summed E-state index contributed by atoms with van der Waals surface area (Å²) in [7, 11) is -4.42. The highest BCUT2D eigenvalue weighted by atomic mass is 32.2. The molecule has 0 unspecified atom stereocenters. The van der Waals surface area contributed by atoms with Gasteiger partial charge in [-0.05, 0) is 24.3 Å². The van der Waals surface area contributed by atoms with E-state index in [9.17, 15) is 21.6 Å². The van der Waals surface area contributed by atoms with Gasteiger partial charge in [0, 0.05) is 6.07 Å². The van der Waals surface area contributed by atoms with E-state index >= 15 is 0 Å². The van der Waals surface area contributed by atoms with Crippen molar-refractivity contribution in [3.63, 3.8) is 0 Å². The second-order valence-corrected chi connectivity index (χ2v) is 5.51. The van der Waals surface area contributed by atoms with Crippen LogP contribution in [0.25, 0.3) is 0 Å². The molecule has 0 saturated heterocycles. The molecule has 0 aliphatic carbocycles. The molecule has 0 aromatic heterocycles. The van der Waals surface area contributed by atoms with Crippen LogP contribution in [0.15, 0.2) is 41.3 Å². The molecule has 4 nitrogen and oxygen atoms in total. The van der Waals surface area contributed by atoms with Crippen molar-refractivity contribution >= 4 is 21.4 Å². The summed E-state index contributed by atoms with van der Waals surface area (Å²) >= 11 is 0. The van der Waals surface area contributed by atoms with Gasteiger partial charge < -0.3 is 5.73 Å². The van der Waals surface area contributed by atoms with Crippen molar-refractivity contribution in [3.8, 4) is 0 Å². The van der Waals surface area contributed by atoms with Gasteiger partial charge in [-0.15, -0.1) is 0 Å². The fourth-order valence-electron chi connectivity index (χ4n) is 1.58. The number of hydrogen-bond donors (Lipinski definition) is 2. The highest BCUT2D eigenvalue weighted by Crippen LogP contribution is 2.25. The lowest BCUT2D eigenvalue weighted by molar-refractivity contribution is 0.569. The number of benzene rings is 2. The second kappa shape index (κ2) is 5.04. The highest BCUT2D eigenvalue weighted by Gasteiger charge is 2.23. The third kappa shape index (κ3) is 2.69. The minimum absolute atomic E-state index is 0.319. The van der Waals surface area contributed by atoms with Crippen molar-refractivity contribution in [2.24, 2.45) is 0 Å². The number of anilines is 2. The van der Waals surface area contributed by atoms with Crippen LogP contribution in [0.2, 0.25) is 0 Å². The quantitative estimate of drug-likeness (QED) is 0.856. The SMILES string of the molecule is Nc1cccc(F)c1S(=O)(=O)Nc1ccc(F)cc1F. The Balaban J connectivity index is 2.46. The van der Waals surface area contributed by atoms with Crippen molar-refractivity contribution in [2.75, 3.05) is 10.5 Å². The molecule has 106 valence electrons. The largest absolute Gasteiger partial charge is 0.398 e. The summed E-state index contributed by atoms with van der Waals surface area (Å²) in [5, 5.41) is 0. The van der Waals surface area contributed by atoms with Crippen LogP contribution >= 0.6 is 0 Å². The van der Waals surface area contributed by atoms with Crippen LogP contribution in [-0.4, -0.2) is 8.42 Å². The van der Waals surface area contributed by atoms with Gasteiger partial charge in [-0.3, -0.25) is 4.72 Å². The zero-order chi connectivity index (χ0) is 14.9. The Hall–Kier alpha value is -2.22. The van der Waals surface area contributed by atoms with Gasteiger partial charge in [0.15, 0.2) is 0 Å². The molecule has 8 heteroatoms. The lowest BCUT2D eigenvalue weighted by Gasteiger charge is -2.11. The molecule has 0 amide bonds. The fraction of sp³-hybridized carbons (Fsp3) is 0. The number of nitrogens with two attached hydrogens (primary N) is 1. The third-order valence-electron chi connectivity index (χ3n) is 2.44. The van der Waals surface area contributed by atoms with Gasteiger partial charge in [-0.1, -0.05) is 6.07 Å². The van der Waals surface area contributed by atoms with E-state index in [1.807, 2.05) is 4.72 Å². The Bertz CT molecular complexity index is 743. The first-order valence-corrected chi connectivity index (χ1v) is 6.81. The first kappa shape index (κ1) is 14.2. The van der Waals surface area contributed by atoms with Crippen LogP contribution in [0, 0.1) is 17.5 Å². The molecule has 2 aromatic carbocycles. The van der Waals surface area contributed by atoms with Crippen LogP contribution in [0.4, 0.5) is 24.5 Å². The number of hydrogen-bond acceptors (Lipinski definition) is 3. The smallest absolute Gasteiger partial charge is 0.266 e. The van der Waals surface area contributed by atoms with Crippen LogP contribution in [0.5, 0.6) is 0 Å². The van der Waals surface area contributed by atoms with Gasteiger partial charge in [-0.25, -0.2) is 21.6 Å². The molecule has 0 atom stereocenters. The van der Waals surface area contributed by atoms with E-state index in [1.54, 1.807) is 0 Å². The summed E-state index contributed by atoms with van der Waals surface area (Å²) in [6.45, 7) is 0. The van der Waals surface area contributed by atoms with Gasteiger partial charge in [-0.2, -0.15) is 0 Å². The number of nitrogens with one attached hydrogen (secondary N) is 1. The van der Waals surface area contributed by atoms with Crippen LogP contribution < -0.4 is 10.5 Å². The summed E-state index contributed by atoms with van der Waals surface area (Å²) in [5.41, 5.74) is 4.59. The lowest BCUT2D eigenvalue weighted by atomic mass is 10.3. The van der Waals surface area contributed by atoms with E-state index in [4.69, 9.17) is 5.73 Å². The average Bonchev–Trinajstić information content (AvgIpc) is 2.32. The monoisotopic (exact) mass is 302 g/mol. The normalized spacial score (nSPS) is 11.3. The number of rotatable bonds is 3. The van der Waals surface area contributed by atoms with E-state index in [1.165, 1.54) is 12.1 Å². The van der Waals surface area contributed by atoms with Crippen LogP contribution in [-0.2, 0) is 10.0 Å². The molecule has 0 aliphatic rings. The molecule has 0 fully saturated rings. The summed E-state index contributed by atoms with van der Waals surface area (Å²) in [6.07, 6.45) is 0. The summed E-state index contributed by atoms with van der Waals surface area (Å²) in [6, 6.07) is 5.60. The van der Waals surface area contributed by atoms with Crippen molar-refractivity contribution in [3.05, 3.63) is 53.8 Å². The molecule has 2 aromatic rings. The molecule has 0 aliphatic heterocycles. The van der Waals surface area contributed by atoms with Gasteiger partial charge >= 0.3 is 0 Å². The first-order chi connectivity index (χ1) is 9.31. The van der Waals surface area contributed by atoms with E-state index in [0.717, 1.165) is 18.2 Å². The summed E-state index contributed by atoms with van der Waals surface area (Å²) in [5.74, 6) is -3.06. The summed E-state index contributed by atoms with van der Waals surface area (Å²) in [4.78, 5) is -0.788. The number of sulfonamides is 1. The molecule has 0 spiro atoms. The van der Waals surface area contributed by atoms with Gasteiger partial charge in [0.1, 0.15) is 22.3 Å². The maximum absolute atomic E-state index is 13.6. The number of halogens is 3. The maximum Gasteiger partial charge on any atom is 0.266 e. The minimum Gasteiger partial charge on any atom is -0.398 e. The first-order valence-electron chi connectivity index (χ1n) is 5.33. The Morgan fingerprint density at radius 1 is 1.00 bits per heavy atom. The minimum atomic E-state index is -4.42. The molecular weight excluding hydrogens is 293 g/mol. The van der Waals surface area contributed by atoms with Gasteiger partial charge in [0.25, 0.3) is 10.0 Å². The zero-order valence-corrected chi connectivity index (χ0v) is 10.7. The third-order valence-corrected chi connectivity index (χ3v) is 3.90. The van der Waals surface area contributed by atoms with E-state index in [0.29, 0.717) is 6.07 Å². The standard InChI is InChI=1S/C12H9F3N2O2S/c13-7-4-5-11(9(15)6-7)17-20(18,19)12-8(14)2-1-3-10(12)16/h1-6,17H,16H2. The average molecular weight is 302 g/mol. The number of nitrogen functional groups attached to an aromatic ring is 1. The van der Waals surface area contributed by atoms with E-state index < -0.39 is 38.1 Å². The molecule has 0 radical (unpaired) electrons. The topological polar surface area (TPSA) is 72.2 Å². The Labute approximate surface area is 113 Å². The highest BCUT2D eigenvalue weighted by molar-refractivity contribution is 7.92. The van der Waals surface area contributed by atoms with Crippen molar-refractivity contribution in [1.82, 2.24) is 0 Å². The van der Waals surface area contributed by atoms with Crippen LogP contribution in [0.3, 0.4) is 0 Å². The predicted molar refractivity (Wildman–Crippen MR) is 68.0 cm³/mol. The van der Waals surface area contributed by atoms with E-state index in [-0.39, 0.29) is 5.69 Å². The molecule has 0 bridgehead atoms. The molecule has 2 rings (SSSR count). The van der Waals surface area contributed by atoms with E-state index in [2.05, 4.69) is 0 Å². The zero-order valence-electron chi connectivity index (χ0n) is 9.90. The molecule has 0 heterocycles. The molecular formula is C12H9F3N2O2S.